The summed E-state index contributed by atoms with van der Waals surface area (Å²) < 4.78 is 2.38. The Bertz CT molecular complexity index is 449. The fraction of sp³-hybridized carbons (Fsp3) is 0.529. The van der Waals surface area contributed by atoms with Crippen LogP contribution in [0.3, 0.4) is 0 Å². The molecule has 1 saturated heterocycles. The van der Waals surface area contributed by atoms with Crippen molar-refractivity contribution < 1.29 is 44.0 Å². The first-order valence-corrected chi connectivity index (χ1v) is 12.0. The summed E-state index contributed by atoms with van der Waals surface area (Å²) in [6, 6.07) is 4.79. The van der Waals surface area contributed by atoms with Gasteiger partial charge in [-0.05, 0) is 0 Å². The molecule has 0 amide bonds. The SMILES string of the molecule is CCCC[Si]1([C]2([Ti+2][C]3=CC=CC3)C=CC=C2)CCC1.[Cl-].[Cl-]. The van der Waals surface area contributed by atoms with Gasteiger partial charge in [-0.2, -0.15) is 0 Å². The Morgan fingerprint density at radius 2 is 1.86 bits per heavy atom. The second kappa shape index (κ2) is 8.36. The summed E-state index contributed by atoms with van der Waals surface area (Å²) in [5, 5.41) is 0. The van der Waals surface area contributed by atoms with Crippen LogP contribution in [0.1, 0.15) is 32.6 Å². The first-order valence-electron chi connectivity index (χ1n) is 7.81. The zero-order chi connectivity index (χ0) is 13.2. The predicted molar refractivity (Wildman–Crippen MR) is 82.5 cm³/mol. The minimum atomic E-state index is -1.04. The van der Waals surface area contributed by atoms with Crippen LogP contribution in [0, 0.1) is 0 Å². The van der Waals surface area contributed by atoms with E-state index in [1.165, 1.54) is 25.7 Å². The quantitative estimate of drug-likeness (QED) is 0.544. The Morgan fingerprint density at radius 1 is 1.14 bits per heavy atom. The van der Waals surface area contributed by atoms with Crippen LogP contribution in [0.5, 0.6) is 0 Å². The average Bonchev–Trinajstić information content (AvgIpc) is 3.01. The van der Waals surface area contributed by atoms with Crippen molar-refractivity contribution in [1.82, 2.24) is 0 Å². The van der Waals surface area contributed by atoms with E-state index < -0.39 is 8.07 Å². The topological polar surface area (TPSA) is 0 Å². The second-order valence-corrected chi connectivity index (χ2v) is 14.6. The van der Waals surface area contributed by atoms with E-state index in [0.717, 1.165) is 0 Å². The molecule has 114 valence electrons. The summed E-state index contributed by atoms with van der Waals surface area (Å²) in [6.07, 6.45) is 22.6. The number of allylic oxidation sites excluding steroid dienone is 8. The minimum absolute atomic E-state index is 0. The molecule has 0 bridgehead atoms. The fourth-order valence-corrected chi connectivity index (χ4v) is 14.7. The number of hydrogen-bond donors (Lipinski definition) is 0. The first kappa shape index (κ1) is 19.5. The summed E-state index contributed by atoms with van der Waals surface area (Å²) in [7, 11) is -1.04. The van der Waals surface area contributed by atoms with E-state index >= 15 is 0 Å². The molecule has 0 spiro atoms. The van der Waals surface area contributed by atoms with Gasteiger partial charge in [0.1, 0.15) is 0 Å². The van der Waals surface area contributed by atoms with Crippen molar-refractivity contribution in [2.45, 2.75) is 54.1 Å². The van der Waals surface area contributed by atoms with Crippen LogP contribution in [0.15, 0.2) is 46.4 Å². The van der Waals surface area contributed by atoms with Gasteiger partial charge in [0.15, 0.2) is 0 Å². The van der Waals surface area contributed by atoms with Gasteiger partial charge in [-0.25, -0.2) is 0 Å². The van der Waals surface area contributed by atoms with E-state index in [1.54, 1.807) is 22.0 Å². The molecular formula is C17H24Cl2SiTi. The standard InChI is InChI=1S/C12H19Si.C5H5.2ClH.Ti/c1-2-3-9-13(10-6-11-13)12-7-4-5-8-12;1-2-4-5-3-1;;;/h4-5,7-8H,2-3,6,9-11H2,1H3;1-3H,4H2;2*1H;/q;;;;+2/p-2. The van der Waals surface area contributed by atoms with Crippen molar-refractivity contribution in [3.8, 4) is 0 Å². The van der Waals surface area contributed by atoms with Crippen LogP contribution >= 0.6 is 0 Å². The fourth-order valence-electron chi connectivity index (χ4n) is 3.83. The van der Waals surface area contributed by atoms with Crippen molar-refractivity contribution >= 4 is 8.07 Å². The predicted octanol–water partition coefficient (Wildman–Crippen LogP) is -0.603. The van der Waals surface area contributed by atoms with E-state index in [1.807, 2.05) is 0 Å². The van der Waals surface area contributed by atoms with Gasteiger partial charge in [0.2, 0.25) is 0 Å². The maximum atomic E-state index is 2.63. The molecule has 0 unspecified atom stereocenters. The summed E-state index contributed by atoms with van der Waals surface area (Å²) >= 11 is -0.00215. The molecule has 3 rings (SSSR count). The second-order valence-electron chi connectivity index (χ2n) is 6.27. The minimum Gasteiger partial charge on any atom is -1.00 e. The third-order valence-electron chi connectivity index (χ3n) is 5.17. The molecule has 1 fully saturated rings. The van der Waals surface area contributed by atoms with Gasteiger partial charge >= 0.3 is 128 Å². The van der Waals surface area contributed by atoms with Crippen molar-refractivity contribution in [3.63, 3.8) is 0 Å². The van der Waals surface area contributed by atoms with E-state index in [4.69, 9.17) is 0 Å². The monoisotopic (exact) mass is 374 g/mol. The Balaban J connectivity index is 0.00000110. The van der Waals surface area contributed by atoms with Gasteiger partial charge in [0, 0.05) is 0 Å². The first-order chi connectivity index (χ1) is 9.30. The Labute approximate surface area is 152 Å². The van der Waals surface area contributed by atoms with Gasteiger partial charge in [-0.15, -0.1) is 0 Å². The molecule has 21 heavy (non-hydrogen) atoms. The number of halogens is 2. The smallest absolute Gasteiger partial charge is 1.00 e. The molecule has 0 nitrogen and oxygen atoms in total. The maximum absolute atomic E-state index is 2.63. The van der Waals surface area contributed by atoms with Crippen LogP contribution in [0.4, 0.5) is 0 Å². The summed E-state index contributed by atoms with van der Waals surface area (Å²) in [6.45, 7) is 2.35. The molecule has 4 heteroatoms. The summed E-state index contributed by atoms with van der Waals surface area (Å²) in [5.74, 6) is 0. The third kappa shape index (κ3) is 3.70. The molecule has 2 aliphatic carbocycles. The molecular weight excluding hydrogens is 351 g/mol. The molecule has 0 aromatic carbocycles. The van der Waals surface area contributed by atoms with Crippen LogP contribution in [-0.2, 0) is 19.2 Å². The van der Waals surface area contributed by atoms with E-state index in [0.29, 0.717) is 3.34 Å². The van der Waals surface area contributed by atoms with Crippen LogP contribution in [-0.4, -0.2) is 8.07 Å². The Kier molecular flexibility index (Phi) is 7.77. The number of rotatable bonds is 6. The normalized spacial score (nSPS) is 22.8. The summed E-state index contributed by atoms with van der Waals surface area (Å²) in [5.41, 5.74) is 0. The van der Waals surface area contributed by atoms with Gasteiger partial charge < -0.3 is 24.8 Å². The number of unbranched alkanes of at least 4 members (excludes halogenated alkanes) is 1. The molecule has 1 heterocycles. The molecule has 3 aliphatic rings. The van der Waals surface area contributed by atoms with Crippen molar-refractivity contribution in [2.75, 3.05) is 0 Å². The zero-order valence-electron chi connectivity index (χ0n) is 12.7. The van der Waals surface area contributed by atoms with Crippen LogP contribution in [0.2, 0.25) is 21.5 Å². The van der Waals surface area contributed by atoms with E-state index in [-0.39, 0.29) is 44.0 Å². The molecule has 0 aromatic heterocycles. The molecule has 0 aromatic rings. The molecule has 0 atom stereocenters. The Morgan fingerprint density at radius 3 is 2.33 bits per heavy atom. The van der Waals surface area contributed by atoms with Gasteiger partial charge in [-0.1, -0.05) is 0 Å². The maximum Gasteiger partial charge on any atom is -1.00 e. The van der Waals surface area contributed by atoms with Gasteiger partial charge in [-0.3, -0.25) is 0 Å². The molecule has 0 N–H and O–H groups in total. The summed E-state index contributed by atoms with van der Waals surface area (Å²) in [4.78, 5) is 0. The molecule has 1 aliphatic heterocycles. The van der Waals surface area contributed by atoms with E-state index in [2.05, 4.69) is 49.5 Å². The largest absolute Gasteiger partial charge is 1.00 e. The van der Waals surface area contributed by atoms with Crippen LogP contribution in [0.25, 0.3) is 0 Å². The Hall–Kier alpha value is 0.471. The third-order valence-corrected chi connectivity index (χ3v) is 16.4. The van der Waals surface area contributed by atoms with Gasteiger partial charge in [0.05, 0.1) is 0 Å². The number of hydrogen-bond acceptors (Lipinski definition) is 0. The van der Waals surface area contributed by atoms with E-state index in [9.17, 15) is 0 Å². The zero-order valence-corrected chi connectivity index (χ0v) is 16.8. The molecule has 0 radical (unpaired) electrons. The average molecular weight is 375 g/mol. The van der Waals surface area contributed by atoms with Gasteiger partial charge in [0.25, 0.3) is 0 Å². The van der Waals surface area contributed by atoms with Crippen molar-refractivity contribution in [1.29, 1.82) is 0 Å². The molecule has 0 saturated carbocycles. The van der Waals surface area contributed by atoms with Crippen molar-refractivity contribution in [3.05, 3.63) is 46.4 Å². The van der Waals surface area contributed by atoms with Crippen molar-refractivity contribution in [2.24, 2.45) is 0 Å². The van der Waals surface area contributed by atoms with Crippen LogP contribution < -0.4 is 24.8 Å².